The molecule has 0 saturated heterocycles. The largest absolute Gasteiger partial charge is 0.393 e. The van der Waals surface area contributed by atoms with E-state index in [0.717, 1.165) is 25.7 Å². The maximum absolute atomic E-state index is 11.8. The molecule has 1 saturated carbocycles. The van der Waals surface area contributed by atoms with Gasteiger partial charge in [0.1, 0.15) is 0 Å². The van der Waals surface area contributed by atoms with Gasteiger partial charge in [-0.15, -0.1) is 0 Å². The van der Waals surface area contributed by atoms with Gasteiger partial charge in [-0.25, -0.2) is 0 Å². The molecule has 0 atom stereocenters. The molecule has 0 radical (unpaired) electrons. The first-order chi connectivity index (χ1) is 8.56. The van der Waals surface area contributed by atoms with Gasteiger partial charge in [0.15, 0.2) is 0 Å². The summed E-state index contributed by atoms with van der Waals surface area (Å²) in [6.45, 7) is 5.79. The molecule has 0 aromatic carbocycles. The van der Waals surface area contributed by atoms with Crippen molar-refractivity contribution in [1.29, 1.82) is 0 Å². The lowest BCUT2D eigenvalue weighted by Crippen LogP contribution is -2.45. The first kappa shape index (κ1) is 14.7. The summed E-state index contributed by atoms with van der Waals surface area (Å²) in [5.74, 6) is -0.375. The van der Waals surface area contributed by atoms with E-state index in [1.807, 2.05) is 6.92 Å². The molecule has 2 N–H and O–H groups in total. The van der Waals surface area contributed by atoms with Crippen LogP contribution in [0.5, 0.6) is 0 Å². The molecule has 5 nitrogen and oxygen atoms in total. The van der Waals surface area contributed by atoms with Crippen molar-refractivity contribution < 1.29 is 14.7 Å². The lowest BCUT2D eigenvalue weighted by molar-refractivity contribution is -0.132. The predicted molar refractivity (Wildman–Crippen MR) is 68.9 cm³/mol. The third-order valence-electron chi connectivity index (χ3n) is 3.26. The third-order valence-corrected chi connectivity index (χ3v) is 3.26. The molecule has 0 heterocycles. The average Bonchev–Trinajstić information content (AvgIpc) is 2.37. The summed E-state index contributed by atoms with van der Waals surface area (Å²) in [5.41, 5.74) is 0. The third kappa shape index (κ3) is 4.49. The number of nitrogens with zero attached hydrogens (tertiary/aromatic N) is 1. The second-order valence-corrected chi connectivity index (χ2v) is 4.63. The minimum Gasteiger partial charge on any atom is -0.393 e. The lowest BCUT2D eigenvalue weighted by atomic mass is 9.93. The molecule has 0 unspecified atom stereocenters. The van der Waals surface area contributed by atoms with Gasteiger partial charge in [0.05, 0.1) is 12.6 Å². The van der Waals surface area contributed by atoms with Crippen molar-refractivity contribution in [3.63, 3.8) is 0 Å². The molecule has 18 heavy (non-hydrogen) atoms. The van der Waals surface area contributed by atoms with E-state index in [1.54, 1.807) is 0 Å². The molecule has 1 rings (SSSR count). The van der Waals surface area contributed by atoms with Crippen LogP contribution in [0.25, 0.3) is 0 Å². The maximum atomic E-state index is 11.8. The Balaban J connectivity index is 2.36. The second-order valence-electron chi connectivity index (χ2n) is 4.63. The van der Waals surface area contributed by atoms with Crippen molar-refractivity contribution in [3.05, 3.63) is 12.7 Å². The molecule has 1 aliphatic carbocycles. The van der Waals surface area contributed by atoms with Gasteiger partial charge in [-0.1, -0.05) is 6.58 Å². The van der Waals surface area contributed by atoms with Crippen molar-refractivity contribution in [2.75, 3.05) is 13.1 Å². The quantitative estimate of drug-likeness (QED) is 0.699. The average molecular weight is 254 g/mol. The molecule has 5 heteroatoms. The Hall–Kier alpha value is -1.36. The van der Waals surface area contributed by atoms with Crippen molar-refractivity contribution in [2.24, 2.45) is 0 Å². The number of rotatable bonds is 5. The molecular formula is C13H22N2O3. The number of aliphatic hydroxyl groups is 1. The molecule has 0 aromatic rings. The molecular weight excluding hydrogens is 232 g/mol. The van der Waals surface area contributed by atoms with Crippen LogP contribution in [0.15, 0.2) is 12.7 Å². The van der Waals surface area contributed by atoms with Crippen LogP contribution in [0.3, 0.4) is 0 Å². The van der Waals surface area contributed by atoms with E-state index < -0.39 is 0 Å². The maximum Gasteiger partial charge on any atom is 0.246 e. The van der Waals surface area contributed by atoms with Crippen LogP contribution in [0.2, 0.25) is 0 Å². The number of likely N-dealkylation sites (N-methyl/N-ethyl adjacent to an activating group) is 1. The van der Waals surface area contributed by atoms with E-state index in [-0.39, 0.29) is 30.5 Å². The van der Waals surface area contributed by atoms with Gasteiger partial charge in [-0.3, -0.25) is 9.59 Å². The predicted octanol–water partition coefficient (Wildman–Crippen LogP) is 0.441. The number of hydrogen-bond acceptors (Lipinski definition) is 3. The SMILES string of the molecule is C=CC(=O)N(CC)CC(=O)NC1CCC(O)CC1. The normalized spacial score (nSPS) is 23.2. The Labute approximate surface area is 108 Å². The molecule has 2 amide bonds. The summed E-state index contributed by atoms with van der Waals surface area (Å²) >= 11 is 0. The Morgan fingerprint density at radius 2 is 2.00 bits per heavy atom. The van der Waals surface area contributed by atoms with Crippen LogP contribution in [-0.4, -0.2) is 47.1 Å². The van der Waals surface area contributed by atoms with Gasteiger partial charge in [0, 0.05) is 12.6 Å². The molecule has 0 aliphatic heterocycles. The van der Waals surface area contributed by atoms with Gasteiger partial charge < -0.3 is 15.3 Å². The standard InChI is InChI=1S/C13H22N2O3/c1-3-13(18)15(4-2)9-12(17)14-10-5-7-11(16)8-6-10/h3,10-11,16H,1,4-9H2,2H3,(H,14,17). The molecule has 1 fully saturated rings. The first-order valence-corrected chi connectivity index (χ1v) is 6.45. The van der Waals surface area contributed by atoms with E-state index in [9.17, 15) is 14.7 Å². The smallest absolute Gasteiger partial charge is 0.246 e. The summed E-state index contributed by atoms with van der Waals surface area (Å²) in [6.07, 6.45) is 4.05. The van der Waals surface area contributed by atoms with E-state index >= 15 is 0 Å². The Morgan fingerprint density at radius 3 is 2.50 bits per heavy atom. The molecule has 0 aromatic heterocycles. The summed E-state index contributed by atoms with van der Waals surface area (Å²) in [5, 5.41) is 12.3. The van der Waals surface area contributed by atoms with Crippen LogP contribution in [0.1, 0.15) is 32.6 Å². The van der Waals surface area contributed by atoms with Crippen molar-refractivity contribution in [2.45, 2.75) is 44.8 Å². The molecule has 1 aliphatic rings. The summed E-state index contributed by atoms with van der Waals surface area (Å²) in [4.78, 5) is 24.6. The Morgan fingerprint density at radius 1 is 1.39 bits per heavy atom. The Bertz CT molecular complexity index is 309. The van der Waals surface area contributed by atoms with Gasteiger partial charge >= 0.3 is 0 Å². The highest BCUT2D eigenvalue weighted by atomic mass is 16.3. The van der Waals surface area contributed by atoms with Crippen molar-refractivity contribution in [1.82, 2.24) is 10.2 Å². The number of hydrogen-bond donors (Lipinski definition) is 2. The minimum atomic E-state index is -0.230. The number of carbonyl (C=O) groups excluding carboxylic acids is 2. The van der Waals surface area contributed by atoms with Crippen molar-refractivity contribution >= 4 is 11.8 Å². The molecule has 102 valence electrons. The van der Waals surface area contributed by atoms with E-state index in [0.29, 0.717) is 6.54 Å². The zero-order valence-corrected chi connectivity index (χ0v) is 10.9. The van der Waals surface area contributed by atoms with Crippen molar-refractivity contribution in [3.8, 4) is 0 Å². The monoisotopic (exact) mass is 254 g/mol. The fraction of sp³-hybridized carbons (Fsp3) is 0.692. The topological polar surface area (TPSA) is 69.6 Å². The van der Waals surface area contributed by atoms with E-state index in [2.05, 4.69) is 11.9 Å². The first-order valence-electron chi connectivity index (χ1n) is 6.45. The van der Waals surface area contributed by atoms with Gasteiger partial charge in [-0.2, -0.15) is 0 Å². The van der Waals surface area contributed by atoms with Crippen LogP contribution >= 0.6 is 0 Å². The minimum absolute atomic E-state index is 0.0698. The van der Waals surface area contributed by atoms with Crippen LogP contribution in [0, 0.1) is 0 Å². The summed E-state index contributed by atoms with van der Waals surface area (Å²) < 4.78 is 0. The Kier molecular flexibility index (Phi) is 5.85. The molecule has 0 spiro atoms. The number of carbonyl (C=O) groups is 2. The second kappa shape index (κ2) is 7.16. The van der Waals surface area contributed by atoms with E-state index in [4.69, 9.17) is 0 Å². The van der Waals surface area contributed by atoms with Gasteiger partial charge in [-0.05, 0) is 38.7 Å². The zero-order valence-electron chi connectivity index (χ0n) is 10.9. The highest BCUT2D eigenvalue weighted by Crippen LogP contribution is 2.18. The zero-order chi connectivity index (χ0) is 13.5. The summed E-state index contributed by atoms with van der Waals surface area (Å²) in [6, 6.07) is 0.124. The lowest BCUT2D eigenvalue weighted by Gasteiger charge is -2.27. The summed E-state index contributed by atoms with van der Waals surface area (Å²) in [7, 11) is 0. The molecule has 0 bridgehead atoms. The van der Waals surface area contributed by atoms with Crippen LogP contribution in [0.4, 0.5) is 0 Å². The van der Waals surface area contributed by atoms with Gasteiger partial charge in [0.25, 0.3) is 0 Å². The van der Waals surface area contributed by atoms with Gasteiger partial charge in [0.2, 0.25) is 11.8 Å². The van der Waals surface area contributed by atoms with E-state index in [1.165, 1.54) is 11.0 Å². The number of nitrogens with one attached hydrogen (secondary N) is 1. The van der Waals surface area contributed by atoms with Crippen LogP contribution in [-0.2, 0) is 9.59 Å². The number of aliphatic hydroxyl groups excluding tert-OH is 1. The number of amides is 2. The highest BCUT2D eigenvalue weighted by Gasteiger charge is 2.21. The fourth-order valence-electron chi connectivity index (χ4n) is 2.14. The fourth-order valence-corrected chi connectivity index (χ4v) is 2.14. The van der Waals surface area contributed by atoms with Crippen LogP contribution < -0.4 is 5.32 Å². The highest BCUT2D eigenvalue weighted by molar-refractivity contribution is 5.90.